The number of methoxy groups -OCH3 is 1. The van der Waals surface area contributed by atoms with Crippen LogP contribution in [0.4, 0.5) is 0 Å². The van der Waals surface area contributed by atoms with Crippen molar-refractivity contribution in [3.05, 3.63) is 0 Å². The average Bonchev–Trinajstić information content (AvgIpc) is 1.98. The molecule has 10 heavy (non-hydrogen) atoms. The summed E-state index contributed by atoms with van der Waals surface area (Å²) in [4.78, 5) is 10.7. The van der Waals surface area contributed by atoms with E-state index >= 15 is 0 Å². The maximum Gasteiger partial charge on any atom is 0.334 e. The fourth-order valence-corrected chi connectivity index (χ4v) is 0.529. The van der Waals surface area contributed by atoms with E-state index in [2.05, 4.69) is 4.74 Å². The molecule has 0 aromatic heterocycles. The highest BCUT2D eigenvalue weighted by atomic mass is 16.6. The van der Waals surface area contributed by atoms with Gasteiger partial charge in [-0.2, -0.15) is 0 Å². The molecule has 0 aliphatic carbocycles. The molecular formula is C7H14O3. The van der Waals surface area contributed by atoms with Crippen LogP contribution in [0.2, 0.25) is 0 Å². The van der Waals surface area contributed by atoms with Gasteiger partial charge in [0, 0.05) is 6.61 Å². The van der Waals surface area contributed by atoms with E-state index in [0.29, 0.717) is 6.61 Å². The lowest BCUT2D eigenvalue weighted by Crippen LogP contribution is -2.22. The molecule has 0 spiro atoms. The zero-order chi connectivity index (χ0) is 7.98. The predicted octanol–water partition coefficient (Wildman–Crippen LogP) is 0.975. The molecule has 0 aromatic rings. The predicted molar refractivity (Wildman–Crippen MR) is 37.7 cm³/mol. The molecule has 0 heterocycles. The summed E-state index contributed by atoms with van der Waals surface area (Å²) in [5, 5.41) is 0. The van der Waals surface area contributed by atoms with Crippen molar-refractivity contribution in [3.63, 3.8) is 0 Å². The molecule has 3 nitrogen and oxygen atoms in total. The van der Waals surface area contributed by atoms with Crippen molar-refractivity contribution >= 4 is 5.97 Å². The second kappa shape index (κ2) is 5.23. The van der Waals surface area contributed by atoms with Gasteiger partial charge < -0.3 is 9.47 Å². The normalized spacial score (nSPS) is 12.7. The largest absolute Gasteiger partial charge is 0.467 e. The third kappa shape index (κ3) is 3.45. The molecular weight excluding hydrogens is 132 g/mol. The topological polar surface area (TPSA) is 35.5 Å². The molecule has 0 radical (unpaired) electrons. The van der Waals surface area contributed by atoms with Gasteiger partial charge in [-0.25, -0.2) is 4.79 Å². The molecule has 3 heteroatoms. The van der Waals surface area contributed by atoms with Gasteiger partial charge in [-0.3, -0.25) is 0 Å². The lowest BCUT2D eigenvalue weighted by molar-refractivity contribution is -0.152. The zero-order valence-electron chi connectivity index (χ0n) is 6.72. The monoisotopic (exact) mass is 146 g/mol. The van der Waals surface area contributed by atoms with E-state index in [0.717, 1.165) is 6.42 Å². The van der Waals surface area contributed by atoms with E-state index in [1.807, 2.05) is 6.92 Å². The molecule has 0 aliphatic heterocycles. The smallest absolute Gasteiger partial charge is 0.334 e. The Hall–Kier alpha value is -0.570. The van der Waals surface area contributed by atoms with Crippen molar-refractivity contribution < 1.29 is 14.3 Å². The quantitative estimate of drug-likeness (QED) is 0.554. The summed E-state index contributed by atoms with van der Waals surface area (Å²) in [5.74, 6) is -0.312. The molecule has 0 fully saturated rings. The first-order valence-corrected chi connectivity index (χ1v) is 3.41. The van der Waals surface area contributed by atoms with Crippen molar-refractivity contribution in [1.29, 1.82) is 0 Å². The van der Waals surface area contributed by atoms with Crippen molar-refractivity contribution in [2.45, 2.75) is 26.4 Å². The highest BCUT2D eigenvalue weighted by Crippen LogP contribution is 1.93. The molecule has 1 atom stereocenters. The van der Waals surface area contributed by atoms with Gasteiger partial charge in [0.1, 0.15) is 0 Å². The summed E-state index contributed by atoms with van der Waals surface area (Å²) in [6.07, 6.45) is 0.492. The average molecular weight is 146 g/mol. The van der Waals surface area contributed by atoms with Crippen LogP contribution < -0.4 is 0 Å². The molecule has 0 aromatic carbocycles. The number of esters is 1. The maximum absolute atomic E-state index is 10.7. The molecule has 0 amide bonds. The van der Waals surface area contributed by atoms with Crippen LogP contribution >= 0.6 is 0 Å². The van der Waals surface area contributed by atoms with Crippen molar-refractivity contribution in [3.8, 4) is 0 Å². The Balaban J connectivity index is 3.41. The first-order valence-electron chi connectivity index (χ1n) is 3.41. The SMILES string of the molecule is CCCOC(C)C(=O)OC. The number of hydrogen-bond acceptors (Lipinski definition) is 3. The van der Waals surface area contributed by atoms with Gasteiger partial charge >= 0.3 is 5.97 Å². The maximum atomic E-state index is 10.7. The standard InChI is InChI=1S/C7H14O3/c1-4-5-10-6(2)7(8)9-3/h6H,4-5H2,1-3H3. The summed E-state index contributed by atoms with van der Waals surface area (Å²) in [5.41, 5.74) is 0. The van der Waals surface area contributed by atoms with Gasteiger partial charge in [0.2, 0.25) is 0 Å². The van der Waals surface area contributed by atoms with Crippen molar-refractivity contribution in [1.82, 2.24) is 0 Å². The summed E-state index contributed by atoms with van der Waals surface area (Å²) in [6.45, 7) is 4.28. The lowest BCUT2D eigenvalue weighted by atomic mass is 10.4. The highest BCUT2D eigenvalue weighted by molar-refractivity contribution is 5.73. The van der Waals surface area contributed by atoms with Crippen molar-refractivity contribution in [2.24, 2.45) is 0 Å². The van der Waals surface area contributed by atoms with Crippen LogP contribution in [0.5, 0.6) is 0 Å². The van der Waals surface area contributed by atoms with Crippen LogP contribution in [0.3, 0.4) is 0 Å². The lowest BCUT2D eigenvalue weighted by Gasteiger charge is -2.08. The Morgan fingerprint density at radius 2 is 2.20 bits per heavy atom. The number of carbonyl (C=O) groups excluding carboxylic acids is 1. The van der Waals surface area contributed by atoms with E-state index in [1.165, 1.54) is 7.11 Å². The number of ether oxygens (including phenoxy) is 2. The first kappa shape index (κ1) is 9.43. The Labute approximate surface area is 61.3 Å². The van der Waals surface area contributed by atoms with Gasteiger partial charge in [-0.15, -0.1) is 0 Å². The molecule has 0 rings (SSSR count). The molecule has 0 saturated heterocycles. The van der Waals surface area contributed by atoms with Crippen LogP contribution in [0.25, 0.3) is 0 Å². The summed E-state index contributed by atoms with van der Waals surface area (Å²) in [7, 11) is 1.36. The van der Waals surface area contributed by atoms with Gasteiger partial charge in [-0.05, 0) is 13.3 Å². The second-order valence-corrected chi connectivity index (χ2v) is 2.04. The van der Waals surface area contributed by atoms with Crippen molar-refractivity contribution in [2.75, 3.05) is 13.7 Å². The van der Waals surface area contributed by atoms with Crippen LogP contribution in [-0.2, 0) is 14.3 Å². The van der Waals surface area contributed by atoms with Crippen LogP contribution in [0.1, 0.15) is 20.3 Å². The fraction of sp³-hybridized carbons (Fsp3) is 0.857. The second-order valence-electron chi connectivity index (χ2n) is 2.04. The zero-order valence-corrected chi connectivity index (χ0v) is 6.72. The van der Waals surface area contributed by atoms with E-state index in [-0.39, 0.29) is 5.97 Å². The fourth-order valence-electron chi connectivity index (χ4n) is 0.529. The molecule has 60 valence electrons. The molecule has 0 N–H and O–H groups in total. The molecule has 1 unspecified atom stereocenters. The summed E-state index contributed by atoms with van der Waals surface area (Å²) < 4.78 is 9.51. The molecule has 0 bridgehead atoms. The molecule has 0 aliphatic rings. The van der Waals surface area contributed by atoms with E-state index < -0.39 is 6.10 Å². The van der Waals surface area contributed by atoms with Gasteiger partial charge in [-0.1, -0.05) is 6.92 Å². The Kier molecular flexibility index (Phi) is 4.94. The minimum atomic E-state index is -0.426. The Morgan fingerprint density at radius 3 is 2.60 bits per heavy atom. The van der Waals surface area contributed by atoms with Gasteiger partial charge in [0.15, 0.2) is 6.10 Å². The highest BCUT2D eigenvalue weighted by Gasteiger charge is 2.11. The number of carbonyl (C=O) groups is 1. The number of rotatable bonds is 4. The minimum absolute atomic E-state index is 0.312. The van der Waals surface area contributed by atoms with Crippen LogP contribution in [0.15, 0.2) is 0 Å². The van der Waals surface area contributed by atoms with Crippen LogP contribution in [-0.4, -0.2) is 25.8 Å². The summed E-state index contributed by atoms with van der Waals surface area (Å²) in [6, 6.07) is 0. The third-order valence-electron chi connectivity index (χ3n) is 1.11. The Bertz CT molecular complexity index is 101. The van der Waals surface area contributed by atoms with Gasteiger partial charge in [0.05, 0.1) is 7.11 Å². The van der Waals surface area contributed by atoms with E-state index in [1.54, 1.807) is 6.92 Å². The van der Waals surface area contributed by atoms with Gasteiger partial charge in [0.25, 0.3) is 0 Å². The Morgan fingerprint density at radius 1 is 1.60 bits per heavy atom. The van der Waals surface area contributed by atoms with E-state index in [4.69, 9.17) is 4.74 Å². The summed E-state index contributed by atoms with van der Waals surface area (Å²) >= 11 is 0. The first-order chi connectivity index (χ1) is 4.72. The van der Waals surface area contributed by atoms with E-state index in [9.17, 15) is 4.79 Å². The number of hydrogen-bond donors (Lipinski definition) is 0. The minimum Gasteiger partial charge on any atom is -0.467 e. The third-order valence-corrected chi connectivity index (χ3v) is 1.11. The van der Waals surface area contributed by atoms with Crippen LogP contribution in [0, 0.1) is 0 Å². The molecule has 0 saturated carbocycles.